The van der Waals surface area contributed by atoms with Gasteiger partial charge in [-0.25, -0.2) is 14.8 Å². The van der Waals surface area contributed by atoms with E-state index in [0.29, 0.717) is 11.3 Å². The molecule has 0 radical (unpaired) electrons. The summed E-state index contributed by atoms with van der Waals surface area (Å²) < 4.78 is 9.81. The molecule has 2 rings (SSSR count). The zero-order valence-corrected chi connectivity index (χ0v) is 12.7. The van der Waals surface area contributed by atoms with E-state index in [0.717, 1.165) is 0 Å². The minimum atomic E-state index is -0.520. The van der Waals surface area contributed by atoms with Gasteiger partial charge in [-0.15, -0.1) is 0 Å². The van der Waals surface area contributed by atoms with Crippen molar-refractivity contribution >= 4 is 17.7 Å². The second-order valence-corrected chi connectivity index (χ2v) is 4.50. The lowest BCUT2D eigenvalue weighted by Crippen LogP contribution is -2.25. The molecule has 0 aliphatic rings. The predicted octanol–water partition coefficient (Wildman–Crippen LogP) is 0.784. The highest BCUT2D eigenvalue weighted by atomic mass is 16.5. The number of hydrogen-bond acceptors (Lipinski definition) is 7. The van der Waals surface area contributed by atoms with Crippen LogP contribution in [0.1, 0.15) is 26.4 Å². The minimum absolute atomic E-state index is 0.0502. The van der Waals surface area contributed by atoms with E-state index in [2.05, 4.69) is 15.3 Å². The van der Waals surface area contributed by atoms with Crippen molar-refractivity contribution in [2.45, 2.75) is 6.54 Å². The minimum Gasteiger partial charge on any atom is -0.496 e. The molecule has 0 spiro atoms. The predicted molar refractivity (Wildman–Crippen MR) is 81.9 cm³/mol. The maximum atomic E-state index is 12.0. The number of anilines is 1. The Morgan fingerprint density at radius 2 is 1.96 bits per heavy atom. The van der Waals surface area contributed by atoms with Gasteiger partial charge < -0.3 is 20.5 Å². The number of rotatable bonds is 5. The van der Waals surface area contributed by atoms with Crippen molar-refractivity contribution in [2.75, 3.05) is 20.0 Å². The van der Waals surface area contributed by atoms with Gasteiger partial charge in [-0.1, -0.05) is 6.07 Å². The van der Waals surface area contributed by atoms with Gasteiger partial charge >= 0.3 is 5.97 Å². The number of methoxy groups -OCH3 is 2. The molecule has 1 heterocycles. The molecular weight excluding hydrogens is 300 g/mol. The molecular formula is C15H16N4O4. The molecule has 0 bridgehead atoms. The van der Waals surface area contributed by atoms with E-state index in [1.807, 2.05) is 0 Å². The summed E-state index contributed by atoms with van der Waals surface area (Å²) in [6.07, 6.45) is 2.78. The zero-order valence-electron chi connectivity index (χ0n) is 12.7. The molecule has 0 saturated heterocycles. The van der Waals surface area contributed by atoms with Gasteiger partial charge in [-0.2, -0.15) is 0 Å². The summed E-state index contributed by atoms with van der Waals surface area (Å²) >= 11 is 0. The highest BCUT2D eigenvalue weighted by Crippen LogP contribution is 2.20. The van der Waals surface area contributed by atoms with Gasteiger partial charge in [0.15, 0.2) is 11.5 Å². The number of hydrogen-bond donors (Lipinski definition) is 2. The topological polar surface area (TPSA) is 116 Å². The quantitative estimate of drug-likeness (QED) is 0.783. The van der Waals surface area contributed by atoms with Crippen LogP contribution < -0.4 is 15.8 Å². The third-order valence-corrected chi connectivity index (χ3v) is 3.06. The summed E-state index contributed by atoms with van der Waals surface area (Å²) in [6.45, 7) is 0.183. The van der Waals surface area contributed by atoms with Crippen LogP contribution in [-0.4, -0.2) is 36.1 Å². The van der Waals surface area contributed by atoms with E-state index in [1.165, 1.54) is 26.6 Å². The smallest absolute Gasteiger partial charge is 0.341 e. The van der Waals surface area contributed by atoms with Gasteiger partial charge in [-0.05, 0) is 17.7 Å². The number of amides is 1. The summed E-state index contributed by atoms with van der Waals surface area (Å²) in [5, 5.41) is 2.66. The number of carbonyl (C=O) groups excluding carboxylic acids is 2. The lowest BCUT2D eigenvalue weighted by molar-refractivity contribution is 0.0597. The lowest BCUT2D eigenvalue weighted by atomic mass is 10.1. The van der Waals surface area contributed by atoms with Crippen molar-refractivity contribution in [3.8, 4) is 5.75 Å². The lowest BCUT2D eigenvalue weighted by Gasteiger charge is -2.10. The standard InChI is InChI=1S/C15H16N4O4/c1-22-11-4-3-9(7-10(11)15(21)23-2)8-19-14(20)12-13(16)18-6-5-17-12/h3-7H,8H2,1-2H3,(H2,16,18)(H,19,20). The Kier molecular flexibility index (Phi) is 5.08. The van der Waals surface area contributed by atoms with Crippen LogP contribution in [0, 0.1) is 0 Å². The third kappa shape index (κ3) is 3.73. The summed E-state index contributed by atoms with van der Waals surface area (Å²) in [5.74, 6) is -0.528. The number of nitrogen functional groups attached to an aromatic ring is 1. The molecule has 8 heteroatoms. The largest absolute Gasteiger partial charge is 0.496 e. The van der Waals surface area contributed by atoms with Crippen molar-refractivity contribution < 1.29 is 19.1 Å². The van der Waals surface area contributed by atoms with Crippen LogP contribution in [-0.2, 0) is 11.3 Å². The molecule has 0 aliphatic carbocycles. The van der Waals surface area contributed by atoms with Gasteiger partial charge in [-0.3, -0.25) is 4.79 Å². The first-order valence-corrected chi connectivity index (χ1v) is 6.66. The highest BCUT2D eigenvalue weighted by Gasteiger charge is 2.15. The Balaban J connectivity index is 2.13. The van der Waals surface area contributed by atoms with Crippen LogP contribution >= 0.6 is 0 Å². The van der Waals surface area contributed by atoms with Crippen LogP contribution in [0.2, 0.25) is 0 Å². The average molecular weight is 316 g/mol. The molecule has 0 fully saturated rings. The van der Waals surface area contributed by atoms with Crippen LogP contribution in [0.5, 0.6) is 5.75 Å². The Morgan fingerprint density at radius 1 is 1.22 bits per heavy atom. The number of carbonyl (C=O) groups is 2. The summed E-state index contributed by atoms with van der Waals surface area (Å²) in [4.78, 5) is 31.4. The molecule has 8 nitrogen and oxygen atoms in total. The molecule has 0 atom stereocenters. The van der Waals surface area contributed by atoms with Crippen molar-refractivity contribution in [1.82, 2.24) is 15.3 Å². The summed E-state index contributed by atoms with van der Waals surface area (Å²) in [6, 6.07) is 4.95. The summed E-state index contributed by atoms with van der Waals surface area (Å²) in [7, 11) is 2.74. The van der Waals surface area contributed by atoms with Crippen molar-refractivity contribution in [3.63, 3.8) is 0 Å². The number of benzene rings is 1. The zero-order chi connectivity index (χ0) is 16.8. The first-order chi connectivity index (χ1) is 11.1. The molecule has 0 unspecified atom stereocenters. The van der Waals surface area contributed by atoms with E-state index >= 15 is 0 Å². The normalized spacial score (nSPS) is 10.0. The number of esters is 1. The number of nitrogens with zero attached hydrogens (tertiary/aromatic N) is 2. The number of nitrogens with one attached hydrogen (secondary N) is 1. The molecule has 1 amide bonds. The van der Waals surface area contributed by atoms with Gasteiger partial charge in [0.2, 0.25) is 0 Å². The SMILES string of the molecule is COC(=O)c1cc(CNC(=O)c2nccnc2N)ccc1OC. The number of ether oxygens (including phenoxy) is 2. The van der Waals surface area contributed by atoms with E-state index in [-0.39, 0.29) is 23.6 Å². The Bertz CT molecular complexity index is 733. The maximum Gasteiger partial charge on any atom is 0.341 e. The van der Waals surface area contributed by atoms with Gasteiger partial charge in [0.25, 0.3) is 5.91 Å². The fourth-order valence-corrected chi connectivity index (χ4v) is 1.92. The molecule has 23 heavy (non-hydrogen) atoms. The molecule has 2 aromatic rings. The van der Waals surface area contributed by atoms with Crippen LogP contribution in [0.15, 0.2) is 30.6 Å². The highest BCUT2D eigenvalue weighted by molar-refractivity contribution is 5.96. The van der Waals surface area contributed by atoms with Gasteiger partial charge in [0.05, 0.1) is 14.2 Å². The van der Waals surface area contributed by atoms with Crippen LogP contribution in [0.3, 0.4) is 0 Å². The second kappa shape index (κ2) is 7.21. The summed E-state index contributed by atoms with van der Waals surface area (Å²) in [5.41, 5.74) is 6.62. The van der Waals surface area contributed by atoms with E-state index < -0.39 is 11.9 Å². The Morgan fingerprint density at radius 3 is 2.61 bits per heavy atom. The van der Waals surface area contributed by atoms with Crippen LogP contribution in [0.4, 0.5) is 5.82 Å². The van der Waals surface area contributed by atoms with Crippen molar-refractivity contribution in [3.05, 3.63) is 47.4 Å². The van der Waals surface area contributed by atoms with Crippen molar-refractivity contribution in [2.24, 2.45) is 0 Å². The van der Waals surface area contributed by atoms with Crippen LogP contribution in [0.25, 0.3) is 0 Å². The fourth-order valence-electron chi connectivity index (χ4n) is 1.92. The molecule has 3 N–H and O–H groups in total. The van der Waals surface area contributed by atoms with Gasteiger partial charge in [0.1, 0.15) is 11.3 Å². The first-order valence-electron chi connectivity index (χ1n) is 6.66. The van der Waals surface area contributed by atoms with E-state index in [9.17, 15) is 9.59 Å². The third-order valence-electron chi connectivity index (χ3n) is 3.06. The van der Waals surface area contributed by atoms with E-state index in [4.69, 9.17) is 15.2 Å². The number of nitrogens with two attached hydrogens (primary N) is 1. The Labute approximate surface area is 132 Å². The van der Waals surface area contributed by atoms with Gasteiger partial charge in [0, 0.05) is 18.9 Å². The number of aromatic nitrogens is 2. The second-order valence-electron chi connectivity index (χ2n) is 4.50. The van der Waals surface area contributed by atoms with Crippen molar-refractivity contribution in [1.29, 1.82) is 0 Å². The first kappa shape index (κ1) is 16.2. The molecule has 1 aromatic heterocycles. The average Bonchev–Trinajstić information content (AvgIpc) is 2.59. The van der Waals surface area contributed by atoms with E-state index in [1.54, 1.807) is 18.2 Å². The Hall–Kier alpha value is -3.16. The molecule has 0 saturated carbocycles. The monoisotopic (exact) mass is 316 g/mol. The molecule has 120 valence electrons. The molecule has 0 aliphatic heterocycles. The molecule has 1 aromatic carbocycles. The fraction of sp³-hybridized carbons (Fsp3) is 0.200. The maximum absolute atomic E-state index is 12.0.